The predicted molar refractivity (Wildman–Crippen MR) is 45.3 cm³/mol. The summed E-state index contributed by atoms with van der Waals surface area (Å²) in [6.45, 7) is 5.28. The molecule has 0 aromatic rings. The SMILES string of the molecule is CCCCCN1C(=O)CC1C. The van der Waals surface area contributed by atoms with Crippen molar-refractivity contribution in [1.82, 2.24) is 4.90 Å². The molecule has 1 aliphatic heterocycles. The summed E-state index contributed by atoms with van der Waals surface area (Å²) in [6, 6.07) is 0.513. The van der Waals surface area contributed by atoms with Gasteiger partial charge < -0.3 is 4.90 Å². The highest BCUT2D eigenvalue weighted by Gasteiger charge is 2.30. The molecular weight excluding hydrogens is 138 g/mol. The molecule has 1 saturated heterocycles. The van der Waals surface area contributed by atoms with E-state index in [1.54, 1.807) is 0 Å². The van der Waals surface area contributed by atoms with Gasteiger partial charge >= 0.3 is 0 Å². The highest BCUT2D eigenvalue weighted by Crippen LogP contribution is 2.18. The van der Waals surface area contributed by atoms with Gasteiger partial charge in [0.05, 0.1) is 0 Å². The summed E-state index contributed by atoms with van der Waals surface area (Å²) >= 11 is 0. The number of nitrogens with zero attached hydrogens (tertiary/aromatic N) is 1. The molecule has 0 bridgehead atoms. The number of hydrogen-bond donors (Lipinski definition) is 0. The van der Waals surface area contributed by atoms with E-state index in [0.29, 0.717) is 11.9 Å². The lowest BCUT2D eigenvalue weighted by Gasteiger charge is -2.38. The van der Waals surface area contributed by atoms with Crippen LogP contribution in [0, 0.1) is 0 Å². The Balaban J connectivity index is 2.11. The lowest BCUT2D eigenvalue weighted by atomic mass is 10.0. The van der Waals surface area contributed by atoms with Crippen molar-refractivity contribution < 1.29 is 4.79 Å². The molecule has 0 radical (unpaired) electrons. The number of likely N-dealkylation sites (tertiary alicyclic amines) is 1. The average Bonchev–Trinajstić information content (AvgIpc) is 1.98. The van der Waals surface area contributed by atoms with Crippen molar-refractivity contribution >= 4 is 5.91 Å². The molecule has 2 nitrogen and oxygen atoms in total. The van der Waals surface area contributed by atoms with E-state index in [2.05, 4.69) is 13.8 Å². The number of carbonyl (C=O) groups excluding carboxylic acids is 1. The first-order chi connectivity index (χ1) is 5.25. The van der Waals surface area contributed by atoms with Crippen LogP contribution in [-0.2, 0) is 4.79 Å². The Bertz CT molecular complexity index is 144. The van der Waals surface area contributed by atoms with E-state index >= 15 is 0 Å². The van der Waals surface area contributed by atoms with Gasteiger partial charge in [-0.1, -0.05) is 19.8 Å². The summed E-state index contributed by atoms with van der Waals surface area (Å²) in [6.07, 6.45) is 4.42. The molecule has 2 heteroatoms. The van der Waals surface area contributed by atoms with Crippen LogP contribution in [0.1, 0.15) is 39.5 Å². The van der Waals surface area contributed by atoms with Crippen LogP contribution in [0.25, 0.3) is 0 Å². The highest BCUT2D eigenvalue weighted by molar-refractivity contribution is 5.82. The van der Waals surface area contributed by atoms with Crippen LogP contribution in [0.4, 0.5) is 0 Å². The van der Waals surface area contributed by atoms with Crippen molar-refractivity contribution in [1.29, 1.82) is 0 Å². The zero-order valence-corrected chi connectivity index (χ0v) is 7.47. The van der Waals surface area contributed by atoms with Crippen LogP contribution in [0.15, 0.2) is 0 Å². The van der Waals surface area contributed by atoms with Crippen molar-refractivity contribution in [3.63, 3.8) is 0 Å². The third kappa shape index (κ3) is 1.95. The minimum absolute atomic E-state index is 0.341. The van der Waals surface area contributed by atoms with Crippen molar-refractivity contribution in [2.24, 2.45) is 0 Å². The quantitative estimate of drug-likeness (QED) is 0.448. The first-order valence-electron chi connectivity index (χ1n) is 4.55. The molecule has 1 amide bonds. The van der Waals surface area contributed by atoms with Gasteiger partial charge in [0.2, 0.25) is 5.91 Å². The molecule has 0 aliphatic carbocycles. The second kappa shape index (κ2) is 3.74. The first-order valence-corrected chi connectivity index (χ1v) is 4.55. The summed E-state index contributed by atoms with van der Waals surface area (Å²) < 4.78 is 0. The summed E-state index contributed by atoms with van der Waals surface area (Å²) in [5.74, 6) is 0.341. The van der Waals surface area contributed by atoms with Crippen LogP contribution in [0.3, 0.4) is 0 Å². The maximum absolute atomic E-state index is 11.0. The maximum atomic E-state index is 11.0. The van der Waals surface area contributed by atoms with E-state index in [0.717, 1.165) is 13.0 Å². The second-order valence-corrected chi connectivity index (χ2v) is 3.35. The summed E-state index contributed by atoms with van der Waals surface area (Å²) in [7, 11) is 0. The van der Waals surface area contributed by atoms with E-state index < -0.39 is 0 Å². The Kier molecular flexibility index (Phi) is 2.92. The molecule has 1 rings (SSSR count). The van der Waals surface area contributed by atoms with Crippen LogP contribution in [-0.4, -0.2) is 23.4 Å². The van der Waals surface area contributed by atoms with Crippen LogP contribution >= 0.6 is 0 Å². The molecule has 0 N–H and O–H groups in total. The Labute approximate surface area is 68.6 Å². The van der Waals surface area contributed by atoms with E-state index in [1.165, 1.54) is 19.3 Å². The first kappa shape index (κ1) is 8.57. The fourth-order valence-electron chi connectivity index (χ4n) is 1.49. The van der Waals surface area contributed by atoms with Crippen LogP contribution in [0.5, 0.6) is 0 Å². The number of β-lactam (4-membered cyclic amide) rings is 1. The topological polar surface area (TPSA) is 20.3 Å². The molecular formula is C9H17NO. The molecule has 0 spiro atoms. The van der Waals surface area contributed by atoms with E-state index in [1.807, 2.05) is 4.90 Å². The highest BCUT2D eigenvalue weighted by atomic mass is 16.2. The van der Waals surface area contributed by atoms with Gasteiger partial charge in [0.1, 0.15) is 0 Å². The Morgan fingerprint density at radius 1 is 1.55 bits per heavy atom. The Morgan fingerprint density at radius 3 is 2.73 bits per heavy atom. The molecule has 1 fully saturated rings. The second-order valence-electron chi connectivity index (χ2n) is 3.35. The molecule has 1 atom stereocenters. The monoisotopic (exact) mass is 155 g/mol. The lowest BCUT2D eigenvalue weighted by molar-refractivity contribution is -0.144. The fourth-order valence-corrected chi connectivity index (χ4v) is 1.49. The molecule has 64 valence electrons. The molecule has 1 unspecified atom stereocenters. The van der Waals surface area contributed by atoms with Crippen molar-refractivity contribution in [3.05, 3.63) is 0 Å². The molecule has 0 saturated carbocycles. The van der Waals surface area contributed by atoms with Crippen LogP contribution < -0.4 is 0 Å². The summed E-state index contributed by atoms with van der Waals surface area (Å²) in [4.78, 5) is 12.9. The number of hydrogen-bond acceptors (Lipinski definition) is 1. The van der Waals surface area contributed by atoms with Crippen LogP contribution in [0.2, 0.25) is 0 Å². The summed E-state index contributed by atoms with van der Waals surface area (Å²) in [5, 5.41) is 0. The van der Waals surface area contributed by atoms with Gasteiger partial charge in [0, 0.05) is 19.0 Å². The van der Waals surface area contributed by atoms with Gasteiger partial charge in [0.15, 0.2) is 0 Å². The number of amides is 1. The standard InChI is InChI=1S/C9H17NO/c1-3-4-5-6-10-8(2)7-9(10)11/h8H,3-7H2,1-2H3. The summed E-state index contributed by atoms with van der Waals surface area (Å²) in [5.41, 5.74) is 0. The molecule has 1 heterocycles. The Morgan fingerprint density at radius 2 is 2.27 bits per heavy atom. The minimum atomic E-state index is 0.341. The zero-order valence-electron chi connectivity index (χ0n) is 7.47. The van der Waals surface area contributed by atoms with Gasteiger partial charge in [-0.3, -0.25) is 4.79 Å². The normalized spacial score (nSPS) is 23.6. The average molecular weight is 155 g/mol. The lowest BCUT2D eigenvalue weighted by Crippen LogP contribution is -2.51. The number of unbranched alkanes of at least 4 members (excludes halogenated alkanes) is 2. The van der Waals surface area contributed by atoms with E-state index in [9.17, 15) is 4.79 Å². The number of rotatable bonds is 4. The van der Waals surface area contributed by atoms with E-state index in [4.69, 9.17) is 0 Å². The third-order valence-electron chi connectivity index (χ3n) is 2.33. The smallest absolute Gasteiger partial charge is 0.224 e. The van der Waals surface area contributed by atoms with Gasteiger partial charge in [-0.25, -0.2) is 0 Å². The number of carbonyl (C=O) groups is 1. The molecule has 0 aromatic heterocycles. The molecule has 0 aromatic carbocycles. The van der Waals surface area contributed by atoms with Crippen molar-refractivity contribution in [2.75, 3.05) is 6.54 Å². The van der Waals surface area contributed by atoms with Gasteiger partial charge in [-0.2, -0.15) is 0 Å². The minimum Gasteiger partial charge on any atom is -0.339 e. The van der Waals surface area contributed by atoms with Crippen molar-refractivity contribution in [3.8, 4) is 0 Å². The largest absolute Gasteiger partial charge is 0.339 e. The van der Waals surface area contributed by atoms with Gasteiger partial charge in [-0.05, 0) is 13.3 Å². The van der Waals surface area contributed by atoms with Crippen molar-refractivity contribution in [2.45, 2.75) is 45.6 Å². The van der Waals surface area contributed by atoms with Gasteiger partial charge in [0.25, 0.3) is 0 Å². The molecule has 11 heavy (non-hydrogen) atoms. The predicted octanol–water partition coefficient (Wildman–Crippen LogP) is 1.80. The van der Waals surface area contributed by atoms with E-state index in [-0.39, 0.29) is 0 Å². The maximum Gasteiger partial charge on any atom is 0.224 e. The third-order valence-corrected chi connectivity index (χ3v) is 2.33. The fraction of sp³-hybridized carbons (Fsp3) is 0.889. The zero-order chi connectivity index (χ0) is 8.27. The Hall–Kier alpha value is -0.530. The van der Waals surface area contributed by atoms with Gasteiger partial charge in [-0.15, -0.1) is 0 Å². The molecule has 1 aliphatic rings.